The van der Waals surface area contributed by atoms with Gasteiger partial charge in [0.1, 0.15) is 0 Å². The third-order valence-electron chi connectivity index (χ3n) is 3.66. The molecule has 0 saturated heterocycles. The second kappa shape index (κ2) is 8.35. The predicted octanol–water partition coefficient (Wildman–Crippen LogP) is 3.30. The Balaban J connectivity index is 1.64. The molecule has 9 nitrogen and oxygen atoms in total. The number of ether oxygens (including phenoxy) is 1. The first-order valence-corrected chi connectivity index (χ1v) is 8.94. The molecular formula is C18H14N4O5S. The van der Waals surface area contributed by atoms with Crippen molar-refractivity contribution in [3.8, 4) is 11.3 Å². The van der Waals surface area contributed by atoms with E-state index in [4.69, 9.17) is 4.74 Å². The van der Waals surface area contributed by atoms with E-state index in [2.05, 4.69) is 15.3 Å². The number of hydrogen-bond acceptors (Lipinski definition) is 8. The molecule has 3 aromatic rings. The molecule has 1 N–H and O–H groups in total. The van der Waals surface area contributed by atoms with Crippen LogP contribution in [0.1, 0.15) is 17.3 Å². The number of non-ortho nitro benzene ring substituents is 1. The molecule has 0 bridgehead atoms. The standard InChI is InChI=1S/C18H14N4O5S/c1-11(27-17(24)12-5-7-19-8-6-12)16(23)21-18-20-15(10-28-18)13-3-2-4-14(9-13)22(25)26/h2-11H,1H3,(H,20,21,23). The Morgan fingerprint density at radius 2 is 2.00 bits per heavy atom. The van der Waals surface area contributed by atoms with E-state index in [0.29, 0.717) is 16.4 Å². The summed E-state index contributed by atoms with van der Waals surface area (Å²) in [6.07, 6.45) is 1.87. The number of rotatable bonds is 6. The lowest BCUT2D eigenvalue weighted by molar-refractivity contribution is -0.384. The van der Waals surface area contributed by atoms with E-state index in [0.717, 1.165) is 11.3 Å². The van der Waals surface area contributed by atoms with E-state index in [1.54, 1.807) is 17.5 Å². The summed E-state index contributed by atoms with van der Waals surface area (Å²) in [6, 6.07) is 9.01. The van der Waals surface area contributed by atoms with Crippen LogP contribution in [0.2, 0.25) is 0 Å². The van der Waals surface area contributed by atoms with Crippen molar-refractivity contribution < 1.29 is 19.2 Å². The van der Waals surface area contributed by atoms with Crippen LogP contribution >= 0.6 is 11.3 Å². The van der Waals surface area contributed by atoms with Crippen LogP contribution in [0.3, 0.4) is 0 Å². The number of nitro groups is 1. The quantitative estimate of drug-likeness (QED) is 0.384. The fraction of sp³-hybridized carbons (Fsp3) is 0.111. The molecule has 0 fully saturated rings. The molecule has 28 heavy (non-hydrogen) atoms. The third-order valence-corrected chi connectivity index (χ3v) is 4.41. The van der Waals surface area contributed by atoms with Crippen LogP contribution in [0.25, 0.3) is 11.3 Å². The zero-order valence-electron chi connectivity index (χ0n) is 14.6. The zero-order valence-corrected chi connectivity index (χ0v) is 15.4. The van der Waals surface area contributed by atoms with Crippen LogP contribution in [-0.4, -0.2) is 32.9 Å². The molecule has 2 heterocycles. The minimum Gasteiger partial charge on any atom is -0.449 e. The van der Waals surface area contributed by atoms with Gasteiger partial charge in [0.25, 0.3) is 11.6 Å². The molecule has 1 aromatic carbocycles. The van der Waals surface area contributed by atoms with Crippen molar-refractivity contribution in [2.75, 3.05) is 5.32 Å². The van der Waals surface area contributed by atoms with Gasteiger partial charge in [0.05, 0.1) is 16.2 Å². The third kappa shape index (κ3) is 4.54. The zero-order chi connectivity index (χ0) is 20.1. The molecule has 0 radical (unpaired) electrons. The molecule has 2 aromatic heterocycles. The molecule has 142 valence electrons. The van der Waals surface area contributed by atoms with E-state index < -0.39 is 22.9 Å². The van der Waals surface area contributed by atoms with Gasteiger partial charge in [0.2, 0.25) is 0 Å². The number of hydrogen-bond donors (Lipinski definition) is 1. The number of aromatic nitrogens is 2. The normalized spacial score (nSPS) is 11.5. The first kappa shape index (κ1) is 19.1. The van der Waals surface area contributed by atoms with Gasteiger partial charge in [-0.2, -0.15) is 0 Å². The molecule has 1 atom stereocenters. The van der Waals surface area contributed by atoms with Crippen LogP contribution in [0.15, 0.2) is 54.2 Å². The first-order valence-electron chi connectivity index (χ1n) is 8.06. The van der Waals surface area contributed by atoms with E-state index >= 15 is 0 Å². The van der Waals surface area contributed by atoms with Crippen LogP contribution in [0.4, 0.5) is 10.8 Å². The minimum atomic E-state index is -1.04. The van der Waals surface area contributed by atoms with Gasteiger partial charge >= 0.3 is 5.97 Å². The molecular weight excluding hydrogens is 384 g/mol. The molecule has 1 unspecified atom stereocenters. The van der Waals surface area contributed by atoms with Gasteiger partial charge in [-0.1, -0.05) is 12.1 Å². The Morgan fingerprint density at radius 3 is 2.71 bits per heavy atom. The second-order valence-electron chi connectivity index (χ2n) is 5.62. The Bertz CT molecular complexity index is 1020. The Kier molecular flexibility index (Phi) is 5.70. The lowest BCUT2D eigenvalue weighted by Gasteiger charge is -2.12. The molecule has 0 aliphatic rings. The highest BCUT2D eigenvalue weighted by Gasteiger charge is 2.20. The number of nitrogens with one attached hydrogen (secondary N) is 1. The Hall–Kier alpha value is -3.66. The van der Waals surface area contributed by atoms with Crippen molar-refractivity contribution in [2.24, 2.45) is 0 Å². The molecule has 0 aliphatic heterocycles. The van der Waals surface area contributed by atoms with Crippen molar-refractivity contribution in [3.05, 3.63) is 69.8 Å². The molecule has 3 rings (SSSR count). The van der Waals surface area contributed by atoms with Crippen molar-refractivity contribution in [1.29, 1.82) is 0 Å². The summed E-state index contributed by atoms with van der Waals surface area (Å²) in [5.74, 6) is -1.18. The number of thiazole rings is 1. The highest BCUT2D eigenvalue weighted by molar-refractivity contribution is 7.14. The summed E-state index contributed by atoms with van der Waals surface area (Å²) in [5.41, 5.74) is 1.29. The highest BCUT2D eigenvalue weighted by Crippen LogP contribution is 2.27. The molecule has 1 amide bonds. The van der Waals surface area contributed by atoms with E-state index in [9.17, 15) is 19.7 Å². The summed E-state index contributed by atoms with van der Waals surface area (Å²) in [4.78, 5) is 42.7. The summed E-state index contributed by atoms with van der Waals surface area (Å²) in [7, 11) is 0. The fourth-order valence-electron chi connectivity index (χ4n) is 2.22. The van der Waals surface area contributed by atoms with Gasteiger partial charge in [0.15, 0.2) is 11.2 Å². The number of pyridine rings is 1. The fourth-order valence-corrected chi connectivity index (χ4v) is 2.94. The minimum absolute atomic E-state index is 0.0484. The lowest BCUT2D eigenvalue weighted by atomic mass is 10.1. The van der Waals surface area contributed by atoms with Gasteiger partial charge in [-0.3, -0.25) is 25.2 Å². The number of anilines is 1. The van der Waals surface area contributed by atoms with Gasteiger partial charge in [-0.15, -0.1) is 11.3 Å². The van der Waals surface area contributed by atoms with E-state index in [-0.39, 0.29) is 11.3 Å². The van der Waals surface area contributed by atoms with Crippen LogP contribution in [-0.2, 0) is 9.53 Å². The summed E-state index contributed by atoms with van der Waals surface area (Å²) >= 11 is 1.16. The summed E-state index contributed by atoms with van der Waals surface area (Å²) in [5, 5.41) is 15.4. The first-order chi connectivity index (χ1) is 13.4. The number of carbonyl (C=O) groups is 2. The number of esters is 1. The van der Waals surface area contributed by atoms with Crippen LogP contribution < -0.4 is 5.32 Å². The van der Waals surface area contributed by atoms with Crippen molar-refractivity contribution in [2.45, 2.75) is 13.0 Å². The van der Waals surface area contributed by atoms with Gasteiger partial charge in [-0.05, 0) is 19.1 Å². The van der Waals surface area contributed by atoms with E-state index in [1.807, 2.05) is 0 Å². The van der Waals surface area contributed by atoms with E-state index in [1.165, 1.54) is 43.6 Å². The Labute approximate surface area is 163 Å². The summed E-state index contributed by atoms with van der Waals surface area (Å²) in [6.45, 7) is 1.45. The number of carbonyl (C=O) groups excluding carboxylic acids is 2. The maximum Gasteiger partial charge on any atom is 0.339 e. The number of nitrogens with zero attached hydrogens (tertiary/aromatic N) is 3. The highest BCUT2D eigenvalue weighted by atomic mass is 32.1. The van der Waals surface area contributed by atoms with Gasteiger partial charge in [-0.25, -0.2) is 9.78 Å². The molecule has 10 heteroatoms. The van der Waals surface area contributed by atoms with Gasteiger partial charge in [0, 0.05) is 35.5 Å². The maximum atomic E-state index is 12.2. The van der Waals surface area contributed by atoms with Crippen molar-refractivity contribution in [3.63, 3.8) is 0 Å². The van der Waals surface area contributed by atoms with Crippen molar-refractivity contribution >= 4 is 34.0 Å². The lowest BCUT2D eigenvalue weighted by Crippen LogP contribution is -2.29. The second-order valence-corrected chi connectivity index (χ2v) is 6.48. The van der Waals surface area contributed by atoms with Gasteiger partial charge < -0.3 is 4.74 Å². The number of amides is 1. The Morgan fingerprint density at radius 1 is 1.25 bits per heavy atom. The SMILES string of the molecule is CC(OC(=O)c1ccncc1)C(=O)Nc1nc(-c2cccc([N+](=O)[O-])c2)cs1. The van der Waals surface area contributed by atoms with Crippen LogP contribution in [0, 0.1) is 10.1 Å². The maximum absolute atomic E-state index is 12.2. The average molecular weight is 398 g/mol. The largest absolute Gasteiger partial charge is 0.449 e. The molecule has 0 aliphatic carbocycles. The average Bonchev–Trinajstić information content (AvgIpc) is 3.17. The molecule has 0 saturated carbocycles. The monoisotopic (exact) mass is 398 g/mol. The predicted molar refractivity (Wildman–Crippen MR) is 102 cm³/mol. The molecule has 0 spiro atoms. The topological polar surface area (TPSA) is 124 Å². The van der Waals surface area contributed by atoms with Crippen molar-refractivity contribution in [1.82, 2.24) is 9.97 Å². The number of nitro benzene ring substituents is 1. The smallest absolute Gasteiger partial charge is 0.339 e. The van der Waals surface area contributed by atoms with Crippen LogP contribution in [0.5, 0.6) is 0 Å². The number of benzene rings is 1. The summed E-state index contributed by atoms with van der Waals surface area (Å²) < 4.78 is 5.13.